The van der Waals surface area contributed by atoms with Gasteiger partial charge in [-0.3, -0.25) is 9.59 Å². The van der Waals surface area contributed by atoms with Crippen LogP contribution in [0.1, 0.15) is 16.3 Å². The van der Waals surface area contributed by atoms with E-state index < -0.39 is 0 Å². The van der Waals surface area contributed by atoms with Crippen molar-refractivity contribution in [3.63, 3.8) is 0 Å². The third-order valence-corrected chi connectivity index (χ3v) is 4.33. The summed E-state index contributed by atoms with van der Waals surface area (Å²) >= 11 is 0. The van der Waals surface area contributed by atoms with Crippen LogP contribution in [0.2, 0.25) is 0 Å². The molecule has 4 rings (SSSR count). The highest BCUT2D eigenvalue weighted by molar-refractivity contribution is 6.04. The minimum atomic E-state index is -0.266. The Morgan fingerprint density at radius 2 is 1.81 bits per heavy atom. The normalized spacial score (nSPS) is 11.2. The molecule has 4 aromatic rings. The molecule has 0 atom stereocenters. The summed E-state index contributed by atoms with van der Waals surface area (Å²) in [6.07, 6.45) is 0. The average molecular weight is 347 g/mol. The number of fused-ring (bicyclic) bond motifs is 2. The van der Waals surface area contributed by atoms with Crippen LogP contribution < -0.4 is 5.56 Å². The number of nitrogens with zero attached hydrogens (tertiary/aromatic N) is 4. The highest BCUT2D eigenvalue weighted by Gasteiger charge is 2.20. The fourth-order valence-corrected chi connectivity index (χ4v) is 3.02. The predicted molar refractivity (Wildman–Crippen MR) is 98.9 cm³/mol. The molecule has 130 valence electrons. The van der Waals surface area contributed by atoms with E-state index in [-0.39, 0.29) is 17.2 Å². The Balaban J connectivity index is 1.70. The molecule has 2 aromatic carbocycles. The molecule has 0 aliphatic heterocycles. The molecule has 0 spiro atoms. The molecule has 0 aliphatic rings. The number of aromatic amines is 1. The van der Waals surface area contributed by atoms with E-state index in [9.17, 15) is 9.59 Å². The van der Waals surface area contributed by atoms with Crippen LogP contribution in [0, 0.1) is 0 Å². The van der Waals surface area contributed by atoms with Gasteiger partial charge in [-0.1, -0.05) is 30.3 Å². The number of benzene rings is 2. The van der Waals surface area contributed by atoms with Crippen LogP contribution in [0.25, 0.3) is 21.8 Å². The van der Waals surface area contributed by atoms with E-state index in [1.165, 1.54) is 9.58 Å². The van der Waals surface area contributed by atoms with Crippen LogP contribution in [0.5, 0.6) is 0 Å². The Morgan fingerprint density at radius 1 is 1.12 bits per heavy atom. The summed E-state index contributed by atoms with van der Waals surface area (Å²) in [5, 5.41) is 5.22. The zero-order valence-corrected chi connectivity index (χ0v) is 14.4. The number of carbonyl (C=O) groups is 1. The monoisotopic (exact) mass is 347 g/mol. The topological polar surface area (TPSA) is 83.9 Å². The van der Waals surface area contributed by atoms with Crippen molar-refractivity contribution >= 4 is 27.7 Å². The molecule has 0 saturated carbocycles. The van der Waals surface area contributed by atoms with Crippen LogP contribution in [0.15, 0.2) is 53.3 Å². The van der Waals surface area contributed by atoms with Crippen molar-refractivity contribution in [3.8, 4) is 0 Å². The maximum Gasteiger partial charge on any atom is 0.275 e. The lowest BCUT2D eigenvalue weighted by molar-refractivity contribution is 0.0776. The van der Waals surface area contributed by atoms with Crippen molar-refractivity contribution in [1.82, 2.24) is 24.6 Å². The molecule has 1 amide bonds. The number of para-hydroxylation sites is 2. The number of hydrogen-bond donors (Lipinski definition) is 1. The Labute approximate surface area is 148 Å². The lowest BCUT2D eigenvalue weighted by Crippen LogP contribution is -2.31. The van der Waals surface area contributed by atoms with E-state index >= 15 is 0 Å². The lowest BCUT2D eigenvalue weighted by atomic mass is 10.1. The highest BCUT2D eigenvalue weighted by atomic mass is 16.2. The van der Waals surface area contributed by atoms with Gasteiger partial charge in [-0.25, -0.2) is 9.67 Å². The molecule has 0 fully saturated rings. The lowest BCUT2D eigenvalue weighted by Gasteiger charge is -2.16. The first-order valence-corrected chi connectivity index (χ1v) is 8.20. The van der Waals surface area contributed by atoms with Crippen LogP contribution in [-0.2, 0) is 13.6 Å². The van der Waals surface area contributed by atoms with E-state index in [1.807, 2.05) is 24.3 Å². The summed E-state index contributed by atoms with van der Waals surface area (Å²) < 4.78 is 1.20. The van der Waals surface area contributed by atoms with Gasteiger partial charge >= 0.3 is 0 Å². The molecule has 0 bridgehead atoms. The third kappa shape index (κ3) is 2.63. The van der Waals surface area contributed by atoms with Crippen molar-refractivity contribution in [2.24, 2.45) is 7.05 Å². The Kier molecular flexibility index (Phi) is 3.76. The molecule has 7 heteroatoms. The first-order valence-electron chi connectivity index (χ1n) is 8.20. The quantitative estimate of drug-likeness (QED) is 0.615. The second-order valence-electron chi connectivity index (χ2n) is 6.18. The SMILES string of the molecule is CN(Cc1nc2ccccc2[nH]1)C(=O)c1nn(C)c(=O)c2ccccc12. The minimum absolute atomic E-state index is 0.225. The fourth-order valence-electron chi connectivity index (χ4n) is 3.02. The van der Waals surface area contributed by atoms with E-state index in [0.717, 1.165) is 11.0 Å². The maximum absolute atomic E-state index is 12.9. The molecular weight excluding hydrogens is 330 g/mol. The van der Waals surface area contributed by atoms with Gasteiger partial charge < -0.3 is 9.88 Å². The van der Waals surface area contributed by atoms with Gasteiger partial charge in [0.1, 0.15) is 5.82 Å². The van der Waals surface area contributed by atoms with Crippen molar-refractivity contribution in [2.75, 3.05) is 7.05 Å². The predicted octanol–water partition coefficient (Wildman–Crippen LogP) is 2.08. The van der Waals surface area contributed by atoms with Crippen LogP contribution in [0.4, 0.5) is 0 Å². The molecule has 1 N–H and O–H groups in total. The van der Waals surface area contributed by atoms with Crippen molar-refractivity contribution < 1.29 is 4.79 Å². The van der Waals surface area contributed by atoms with Crippen molar-refractivity contribution in [2.45, 2.75) is 6.54 Å². The van der Waals surface area contributed by atoms with Crippen molar-refractivity contribution in [3.05, 3.63) is 70.4 Å². The van der Waals surface area contributed by atoms with Crippen LogP contribution in [-0.4, -0.2) is 37.6 Å². The van der Waals surface area contributed by atoms with Gasteiger partial charge in [-0.15, -0.1) is 0 Å². The summed E-state index contributed by atoms with van der Waals surface area (Å²) in [6.45, 7) is 0.312. The maximum atomic E-state index is 12.9. The van der Waals surface area contributed by atoms with E-state index in [4.69, 9.17) is 0 Å². The minimum Gasteiger partial charge on any atom is -0.340 e. The molecule has 0 aliphatic carbocycles. The number of carbonyl (C=O) groups excluding carboxylic acids is 1. The number of H-pyrrole nitrogens is 1. The first-order chi connectivity index (χ1) is 12.5. The second-order valence-corrected chi connectivity index (χ2v) is 6.18. The highest BCUT2D eigenvalue weighted by Crippen LogP contribution is 2.16. The van der Waals surface area contributed by atoms with Gasteiger partial charge in [0, 0.05) is 19.5 Å². The van der Waals surface area contributed by atoms with Gasteiger partial charge in [0.25, 0.3) is 11.5 Å². The van der Waals surface area contributed by atoms with Crippen LogP contribution >= 0.6 is 0 Å². The van der Waals surface area contributed by atoms with E-state index in [1.54, 1.807) is 38.4 Å². The summed E-state index contributed by atoms with van der Waals surface area (Å²) in [7, 11) is 3.24. The molecule has 2 aromatic heterocycles. The van der Waals surface area contributed by atoms with Gasteiger partial charge in [0.05, 0.1) is 23.0 Å². The zero-order valence-electron chi connectivity index (χ0n) is 14.4. The second kappa shape index (κ2) is 6.11. The number of rotatable bonds is 3. The van der Waals surface area contributed by atoms with Gasteiger partial charge in [-0.05, 0) is 18.2 Å². The Hall–Kier alpha value is -3.48. The summed E-state index contributed by atoms with van der Waals surface area (Å²) in [4.78, 5) is 34.4. The Morgan fingerprint density at radius 3 is 2.58 bits per heavy atom. The van der Waals surface area contributed by atoms with Crippen molar-refractivity contribution in [1.29, 1.82) is 0 Å². The van der Waals surface area contributed by atoms with Crippen LogP contribution in [0.3, 0.4) is 0 Å². The smallest absolute Gasteiger partial charge is 0.275 e. The third-order valence-electron chi connectivity index (χ3n) is 4.33. The average Bonchev–Trinajstić information content (AvgIpc) is 3.06. The summed E-state index contributed by atoms with van der Waals surface area (Å²) in [5.74, 6) is 0.424. The first kappa shape index (κ1) is 16.0. The fraction of sp³-hybridized carbons (Fsp3) is 0.158. The largest absolute Gasteiger partial charge is 0.340 e. The number of aryl methyl sites for hydroxylation is 1. The number of aromatic nitrogens is 4. The Bertz CT molecular complexity index is 1160. The van der Waals surface area contributed by atoms with E-state index in [0.29, 0.717) is 23.1 Å². The molecular formula is C19H17N5O2. The van der Waals surface area contributed by atoms with Gasteiger partial charge in [0.15, 0.2) is 5.69 Å². The molecule has 0 radical (unpaired) electrons. The van der Waals surface area contributed by atoms with Gasteiger partial charge in [-0.2, -0.15) is 5.10 Å². The zero-order chi connectivity index (χ0) is 18.3. The molecule has 0 unspecified atom stereocenters. The standard InChI is InChI=1S/C19H17N5O2/c1-23(11-16-20-14-9-5-6-10-15(14)21-16)19(26)17-12-7-3-4-8-13(12)18(25)24(2)22-17/h3-10H,11H2,1-2H3,(H,20,21). The molecule has 26 heavy (non-hydrogen) atoms. The molecule has 0 saturated heterocycles. The summed E-state index contributed by atoms with van der Waals surface area (Å²) in [6, 6.07) is 14.7. The molecule has 2 heterocycles. The van der Waals surface area contributed by atoms with Gasteiger partial charge in [0.2, 0.25) is 0 Å². The number of amides is 1. The molecule has 7 nitrogen and oxygen atoms in total. The number of hydrogen-bond acceptors (Lipinski definition) is 4. The summed E-state index contributed by atoms with van der Waals surface area (Å²) in [5.41, 5.74) is 1.81. The number of nitrogens with one attached hydrogen (secondary N) is 1. The number of imidazole rings is 1. The van der Waals surface area contributed by atoms with E-state index in [2.05, 4.69) is 15.1 Å².